The summed E-state index contributed by atoms with van der Waals surface area (Å²) in [6.07, 6.45) is 1.02. The predicted octanol–water partition coefficient (Wildman–Crippen LogP) is 1.63. The van der Waals surface area contributed by atoms with Crippen LogP contribution in [0.5, 0.6) is 0 Å². The molecule has 2 aromatic rings. The number of aromatic nitrogens is 3. The summed E-state index contributed by atoms with van der Waals surface area (Å²) in [5.41, 5.74) is 13.0. The Balaban J connectivity index is 2.34. The molecule has 0 aliphatic rings. The fourth-order valence-electron chi connectivity index (χ4n) is 2.01. The van der Waals surface area contributed by atoms with Gasteiger partial charge in [-0.2, -0.15) is 0 Å². The largest absolute Gasteiger partial charge is 0.384 e. The molecule has 0 aromatic carbocycles. The number of imidazole rings is 1. The molecule has 1 unspecified atom stereocenters. The van der Waals surface area contributed by atoms with Gasteiger partial charge in [0.1, 0.15) is 11.6 Å². The van der Waals surface area contributed by atoms with Crippen LogP contribution in [0.25, 0.3) is 11.2 Å². The average Bonchev–Trinajstić information content (AvgIpc) is 2.68. The average molecular weight is 233 g/mol. The second kappa shape index (κ2) is 4.71. The van der Waals surface area contributed by atoms with E-state index >= 15 is 0 Å². The topological polar surface area (TPSA) is 93.6 Å². The first-order chi connectivity index (χ1) is 8.10. The van der Waals surface area contributed by atoms with Crippen molar-refractivity contribution in [2.24, 2.45) is 11.7 Å². The van der Waals surface area contributed by atoms with Crippen LogP contribution >= 0.6 is 0 Å². The zero-order valence-electron chi connectivity index (χ0n) is 10.3. The Hall–Kier alpha value is -1.62. The summed E-state index contributed by atoms with van der Waals surface area (Å²) in [6, 6.07) is 3.67. The van der Waals surface area contributed by atoms with Gasteiger partial charge in [-0.25, -0.2) is 9.97 Å². The van der Waals surface area contributed by atoms with Crippen LogP contribution < -0.4 is 11.5 Å². The van der Waals surface area contributed by atoms with Crippen LogP contribution in [0.4, 0.5) is 5.82 Å². The zero-order valence-corrected chi connectivity index (χ0v) is 10.3. The first kappa shape index (κ1) is 11.9. The highest BCUT2D eigenvalue weighted by molar-refractivity contribution is 5.72. The van der Waals surface area contributed by atoms with Gasteiger partial charge >= 0.3 is 0 Å². The van der Waals surface area contributed by atoms with Crippen molar-refractivity contribution in [2.75, 3.05) is 12.3 Å². The summed E-state index contributed by atoms with van der Waals surface area (Å²) in [5, 5.41) is 0. The van der Waals surface area contributed by atoms with Gasteiger partial charge in [-0.15, -0.1) is 0 Å². The highest BCUT2D eigenvalue weighted by Crippen LogP contribution is 2.22. The Kier molecular flexibility index (Phi) is 3.28. The summed E-state index contributed by atoms with van der Waals surface area (Å²) in [4.78, 5) is 11.9. The molecule has 0 saturated carbocycles. The van der Waals surface area contributed by atoms with Gasteiger partial charge in [0.15, 0.2) is 5.65 Å². The highest BCUT2D eigenvalue weighted by Gasteiger charge is 2.16. The number of rotatable bonds is 4. The molecule has 2 rings (SSSR count). The number of nitrogen functional groups attached to an aromatic ring is 1. The van der Waals surface area contributed by atoms with Gasteiger partial charge in [0.05, 0.1) is 5.52 Å². The third-order valence-electron chi connectivity index (χ3n) is 2.81. The lowest BCUT2D eigenvalue weighted by atomic mass is 9.97. The minimum absolute atomic E-state index is 0.255. The second-order valence-corrected chi connectivity index (χ2v) is 4.79. The number of nitrogens with two attached hydrogens (primary N) is 2. The van der Waals surface area contributed by atoms with Crippen LogP contribution in [0.1, 0.15) is 32.0 Å². The fourth-order valence-corrected chi connectivity index (χ4v) is 2.01. The highest BCUT2D eigenvalue weighted by atomic mass is 15.0. The molecule has 92 valence electrons. The minimum atomic E-state index is 0.255. The van der Waals surface area contributed by atoms with E-state index in [1.807, 2.05) is 6.07 Å². The molecular formula is C12H19N5. The molecule has 1 atom stereocenters. The van der Waals surface area contributed by atoms with E-state index in [0.29, 0.717) is 23.9 Å². The molecule has 0 fully saturated rings. The quantitative estimate of drug-likeness (QED) is 0.748. The minimum Gasteiger partial charge on any atom is -0.384 e. The molecular weight excluding hydrogens is 214 g/mol. The molecule has 2 aromatic heterocycles. The molecule has 0 aliphatic heterocycles. The normalized spacial score (nSPS) is 13.4. The number of anilines is 1. The van der Waals surface area contributed by atoms with Crippen molar-refractivity contribution in [3.63, 3.8) is 0 Å². The van der Waals surface area contributed by atoms with Gasteiger partial charge in [-0.1, -0.05) is 13.8 Å². The van der Waals surface area contributed by atoms with E-state index in [0.717, 1.165) is 17.8 Å². The molecule has 17 heavy (non-hydrogen) atoms. The van der Waals surface area contributed by atoms with Gasteiger partial charge in [0, 0.05) is 12.5 Å². The number of nitrogens with one attached hydrogen (secondary N) is 1. The van der Waals surface area contributed by atoms with Crippen LogP contribution in [0.2, 0.25) is 0 Å². The van der Waals surface area contributed by atoms with E-state index in [9.17, 15) is 0 Å². The molecule has 0 bridgehead atoms. The van der Waals surface area contributed by atoms with Crippen LogP contribution in [-0.2, 0) is 0 Å². The lowest BCUT2D eigenvalue weighted by molar-refractivity contribution is 0.491. The Morgan fingerprint density at radius 1 is 1.29 bits per heavy atom. The summed E-state index contributed by atoms with van der Waals surface area (Å²) < 4.78 is 0. The first-order valence-corrected chi connectivity index (χ1v) is 5.92. The van der Waals surface area contributed by atoms with E-state index in [4.69, 9.17) is 11.5 Å². The van der Waals surface area contributed by atoms with Crippen LogP contribution in [0.15, 0.2) is 12.1 Å². The number of fused-ring (bicyclic) bond motifs is 1. The maximum Gasteiger partial charge on any atom is 0.179 e. The third-order valence-corrected chi connectivity index (χ3v) is 2.81. The zero-order chi connectivity index (χ0) is 12.4. The lowest BCUT2D eigenvalue weighted by Gasteiger charge is -2.13. The predicted molar refractivity (Wildman–Crippen MR) is 69.6 cm³/mol. The first-order valence-electron chi connectivity index (χ1n) is 5.92. The maximum absolute atomic E-state index is 5.80. The Morgan fingerprint density at radius 3 is 2.71 bits per heavy atom. The molecule has 5 heteroatoms. The number of hydrogen-bond acceptors (Lipinski definition) is 4. The number of H-pyrrole nitrogens is 1. The fraction of sp³-hybridized carbons (Fsp3) is 0.500. The summed E-state index contributed by atoms with van der Waals surface area (Å²) in [5.74, 6) is 2.25. The van der Waals surface area contributed by atoms with Crippen LogP contribution in [0.3, 0.4) is 0 Å². The van der Waals surface area contributed by atoms with E-state index in [-0.39, 0.29) is 5.92 Å². The molecule has 0 aliphatic carbocycles. The van der Waals surface area contributed by atoms with E-state index in [2.05, 4.69) is 28.8 Å². The molecule has 0 amide bonds. The van der Waals surface area contributed by atoms with Gasteiger partial charge < -0.3 is 16.5 Å². The van der Waals surface area contributed by atoms with Crippen molar-refractivity contribution in [1.29, 1.82) is 0 Å². The molecule has 0 spiro atoms. The van der Waals surface area contributed by atoms with Gasteiger partial charge in [-0.3, -0.25) is 0 Å². The Bertz CT molecular complexity index is 503. The summed E-state index contributed by atoms with van der Waals surface area (Å²) in [6.45, 7) is 4.95. The molecule has 5 nitrogen and oxygen atoms in total. The summed E-state index contributed by atoms with van der Waals surface area (Å²) >= 11 is 0. The van der Waals surface area contributed by atoms with Crippen molar-refractivity contribution < 1.29 is 0 Å². The Morgan fingerprint density at radius 2 is 2.06 bits per heavy atom. The number of pyridine rings is 1. The standard InChI is InChI=1S/C12H19N5/c1-7(2)5-8(6-13)11-15-9-3-4-10(14)16-12(9)17-11/h3-4,7-8H,5-6,13H2,1-2H3,(H3,14,15,16,17). The van der Waals surface area contributed by atoms with Crippen molar-refractivity contribution in [3.05, 3.63) is 18.0 Å². The van der Waals surface area contributed by atoms with Gasteiger partial charge in [0.2, 0.25) is 0 Å². The molecule has 2 heterocycles. The third kappa shape index (κ3) is 2.55. The lowest BCUT2D eigenvalue weighted by Crippen LogP contribution is -2.15. The van der Waals surface area contributed by atoms with E-state index in [1.165, 1.54) is 0 Å². The molecule has 5 N–H and O–H groups in total. The maximum atomic E-state index is 5.80. The van der Waals surface area contributed by atoms with Crippen molar-refractivity contribution in [1.82, 2.24) is 15.0 Å². The van der Waals surface area contributed by atoms with Crippen LogP contribution in [0, 0.1) is 5.92 Å². The summed E-state index contributed by atoms with van der Waals surface area (Å²) in [7, 11) is 0. The SMILES string of the molecule is CC(C)CC(CN)c1nc2nc(N)ccc2[nH]1. The Labute approximate surface area is 101 Å². The number of hydrogen-bond donors (Lipinski definition) is 3. The van der Waals surface area contributed by atoms with Crippen molar-refractivity contribution >= 4 is 17.0 Å². The van der Waals surface area contributed by atoms with Crippen molar-refractivity contribution in [3.8, 4) is 0 Å². The second-order valence-electron chi connectivity index (χ2n) is 4.79. The van der Waals surface area contributed by atoms with E-state index < -0.39 is 0 Å². The number of nitrogens with zero attached hydrogens (tertiary/aromatic N) is 2. The molecule has 0 saturated heterocycles. The monoisotopic (exact) mass is 233 g/mol. The van der Waals surface area contributed by atoms with Gasteiger partial charge in [-0.05, 0) is 24.5 Å². The van der Waals surface area contributed by atoms with E-state index in [1.54, 1.807) is 6.07 Å². The number of aromatic amines is 1. The smallest absolute Gasteiger partial charge is 0.179 e. The van der Waals surface area contributed by atoms with Gasteiger partial charge in [0.25, 0.3) is 0 Å². The molecule has 0 radical (unpaired) electrons. The van der Waals surface area contributed by atoms with Crippen LogP contribution in [-0.4, -0.2) is 21.5 Å². The van der Waals surface area contributed by atoms with Crippen molar-refractivity contribution in [2.45, 2.75) is 26.2 Å².